The topological polar surface area (TPSA) is 86.9 Å². The van der Waals surface area contributed by atoms with Crippen molar-refractivity contribution in [3.05, 3.63) is 84.1 Å². The first kappa shape index (κ1) is 20.7. The summed E-state index contributed by atoms with van der Waals surface area (Å²) in [4.78, 5) is 8.33. The minimum Gasteiger partial charge on any atom is -0.366 e. The molecule has 0 unspecified atom stereocenters. The number of fused-ring (bicyclic) bond motifs is 1. The standard InChI is InChI=1S/C23H18F3N7/c1-2-19(13-3-5-16(24)6-4-13)33-12-15(11-28-33)22-18(26)10-17(25)21(30-22)14-7-8-32-20(9-14)29-23(27)31-32/h3-12,19H,2H2,1H3,(H2,27,31)/t19-/m1/s1. The average molecular weight is 449 g/mol. The zero-order chi connectivity index (χ0) is 23.1. The van der Waals surface area contributed by atoms with Gasteiger partial charge in [-0.15, -0.1) is 5.10 Å². The molecule has 0 fully saturated rings. The largest absolute Gasteiger partial charge is 0.366 e. The van der Waals surface area contributed by atoms with E-state index in [9.17, 15) is 13.2 Å². The number of anilines is 1. The van der Waals surface area contributed by atoms with Gasteiger partial charge >= 0.3 is 0 Å². The van der Waals surface area contributed by atoms with E-state index >= 15 is 0 Å². The number of nitrogen functional groups attached to an aromatic ring is 1. The molecular formula is C23H18F3N7. The Hall–Kier alpha value is -4.21. The molecule has 5 aromatic rings. The van der Waals surface area contributed by atoms with Gasteiger partial charge < -0.3 is 5.73 Å². The van der Waals surface area contributed by atoms with Gasteiger partial charge in [0.05, 0.1) is 12.2 Å². The smallest absolute Gasteiger partial charge is 0.240 e. The van der Waals surface area contributed by atoms with Crippen molar-refractivity contribution in [2.75, 3.05) is 5.73 Å². The second-order valence-electron chi connectivity index (χ2n) is 7.52. The third-order valence-electron chi connectivity index (χ3n) is 5.39. The molecule has 0 spiro atoms. The maximum absolute atomic E-state index is 14.7. The summed E-state index contributed by atoms with van der Waals surface area (Å²) in [5, 5.41) is 8.34. The van der Waals surface area contributed by atoms with E-state index in [0.717, 1.165) is 11.6 Å². The average Bonchev–Trinajstić information content (AvgIpc) is 3.41. The number of benzene rings is 1. The van der Waals surface area contributed by atoms with Crippen LogP contribution in [0.15, 0.2) is 61.1 Å². The van der Waals surface area contributed by atoms with Crippen LogP contribution in [-0.2, 0) is 0 Å². The number of rotatable bonds is 5. The first-order valence-corrected chi connectivity index (χ1v) is 10.2. The predicted octanol–water partition coefficient (Wildman–Crippen LogP) is 4.65. The first-order valence-electron chi connectivity index (χ1n) is 10.2. The van der Waals surface area contributed by atoms with Crippen molar-refractivity contribution in [3.63, 3.8) is 0 Å². The van der Waals surface area contributed by atoms with Crippen LogP contribution in [0.3, 0.4) is 0 Å². The number of nitrogens with zero attached hydrogens (tertiary/aromatic N) is 6. The fourth-order valence-electron chi connectivity index (χ4n) is 3.81. The van der Waals surface area contributed by atoms with Crippen LogP contribution in [0.4, 0.5) is 19.1 Å². The maximum Gasteiger partial charge on any atom is 0.240 e. The third-order valence-corrected chi connectivity index (χ3v) is 5.39. The molecule has 0 radical (unpaired) electrons. The number of halogens is 3. The maximum atomic E-state index is 14.7. The van der Waals surface area contributed by atoms with E-state index in [-0.39, 0.29) is 29.2 Å². The predicted molar refractivity (Wildman–Crippen MR) is 117 cm³/mol. The Bertz CT molecular complexity index is 1460. The van der Waals surface area contributed by atoms with Crippen molar-refractivity contribution >= 4 is 11.6 Å². The summed E-state index contributed by atoms with van der Waals surface area (Å²) in [5.74, 6) is -1.86. The van der Waals surface area contributed by atoms with E-state index in [4.69, 9.17) is 5.73 Å². The number of hydrogen-bond acceptors (Lipinski definition) is 5. The molecule has 0 amide bonds. The zero-order valence-corrected chi connectivity index (χ0v) is 17.5. The fourth-order valence-corrected chi connectivity index (χ4v) is 3.81. The Balaban J connectivity index is 1.54. The van der Waals surface area contributed by atoms with Gasteiger partial charge in [-0.3, -0.25) is 4.68 Å². The van der Waals surface area contributed by atoms with Crippen molar-refractivity contribution in [2.45, 2.75) is 19.4 Å². The second-order valence-corrected chi connectivity index (χ2v) is 7.52. The van der Waals surface area contributed by atoms with Gasteiger partial charge in [-0.2, -0.15) is 10.1 Å². The van der Waals surface area contributed by atoms with Gasteiger partial charge in [-0.05, 0) is 36.2 Å². The Morgan fingerprint density at radius 3 is 2.39 bits per heavy atom. The molecule has 4 heterocycles. The van der Waals surface area contributed by atoms with Crippen LogP contribution in [0.5, 0.6) is 0 Å². The summed E-state index contributed by atoms with van der Waals surface area (Å²) in [7, 11) is 0. The van der Waals surface area contributed by atoms with Crippen LogP contribution in [0.2, 0.25) is 0 Å². The van der Waals surface area contributed by atoms with Crippen LogP contribution < -0.4 is 5.73 Å². The lowest BCUT2D eigenvalue weighted by Crippen LogP contribution is -2.10. The van der Waals surface area contributed by atoms with Crippen molar-refractivity contribution in [3.8, 4) is 22.5 Å². The lowest BCUT2D eigenvalue weighted by Gasteiger charge is -2.16. The SMILES string of the molecule is CC[C@H](c1ccc(F)cc1)n1cc(-c2nc(-c3ccn4nc(N)nc4c3)c(F)cc2F)cn1. The Morgan fingerprint density at radius 2 is 1.67 bits per heavy atom. The molecule has 4 aromatic heterocycles. The lowest BCUT2D eigenvalue weighted by molar-refractivity contribution is 0.508. The molecule has 0 aliphatic heterocycles. The number of pyridine rings is 2. The molecule has 1 atom stereocenters. The van der Waals surface area contributed by atoms with E-state index in [0.29, 0.717) is 23.2 Å². The highest BCUT2D eigenvalue weighted by atomic mass is 19.1. The van der Waals surface area contributed by atoms with Gasteiger partial charge in [0, 0.05) is 29.6 Å². The molecule has 0 aliphatic carbocycles. The normalized spacial score (nSPS) is 12.4. The minimum atomic E-state index is -0.807. The second kappa shape index (κ2) is 8.05. The van der Waals surface area contributed by atoms with E-state index < -0.39 is 11.6 Å². The minimum absolute atomic E-state index is 0.0335. The van der Waals surface area contributed by atoms with Crippen molar-refractivity contribution < 1.29 is 13.2 Å². The van der Waals surface area contributed by atoms with Gasteiger partial charge in [0.15, 0.2) is 17.3 Å². The molecule has 0 aliphatic rings. The highest BCUT2D eigenvalue weighted by Crippen LogP contribution is 2.30. The van der Waals surface area contributed by atoms with Gasteiger partial charge in [0.25, 0.3) is 0 Å². The fraction of sp³-hybridized carbons (Fsp3) is 0.130. The molecule has 0 saturated carbocycles. The van der Waals surface area contributed by atoms with Gasteiger partial charge in [0.2, 0.25) is 5.95 Å². The molecule has 0 bridgehead atoms. The van der Waals surface area contributed by atoms with Crippen LogP contribution >= 0.6 is 0 Å². The van der Waals surface area contributed by atoms with Gasteiger partial charge in [0.1, 0.15) is 17.2 Å². The quantitative estimate of drug-likeness (QED) is 0.422. The van der Waals surface area contributed by atoms with Crippen molar-refractivity contribution in [2.24, 2.45) is 0 Å². The van der Waals surface area contributed by atoms with E-state index in [2.05, 4.69) is 20.2 Å². The Labute approximate surface area is 186 Å². The highest BCUT2D eigenvalue weighted by molar-refractivity contribution is 5.69. The van der Waals surface area contributed by atoms with E-state index in [1.165, 1.54) is 22.8 Å². The molecule has 0 saturated heterocycles. The number of aromatic nitrogens is 6. The van der Waals surface area contributed by atoms with Gasteiger partial charge in [-0.25, -0.2) is 22.7 Å². The summed E-state index contributed by atoms with van der Waals surface area (Å²) >= 11 is 0. The molecule has 166 valence electrons. The third kappa shape index (κ3) is 3.79. The summed E-state index contributed by atoms with van der Waals surface area (Å²) in [6.45, 7) is 1.97. The summed E-state index contributed by atoms with van der Waals surface area (Å²) in [5.41, 5.74) is 7.61. The first-order chi connectivity index (χ1) is 15.9. The van der Waals surface area contributed by atoms with Crippen LogP contribution in [0.25, 0.3) is 28.2 Å². The molecular weight excluding hydrogens is 431 g/mol. The van der Waals surface area contributed by atoms with Crippen molar-refractivity contribution in [1.29, 1.82) is 0 Å². The molecule has 7 nitrogen and oxygen atoms in total. The zero-order valence-electron chi connectivity index (χ0n) is 17.5. The lowest BCUT2D eigenvalue weighted by atomic mass is 10.0. The monoisotopic (exact) mass is 449 g/mol. The van der Waals surface area contributed by atoms with Crippen LogP contribution in [-0.4, -0.2) is 29.4 Å². The highest BCUT2D eigenvalue weighted by Gasteiger charge is 2.19. The summed E-state index contributed by atoms with van der Waals surface area (Å²) < 4.78 is 45.8. The summed E-state index contributed by atoms with van der Waals surface area (Å²) in [6.07, 6.45) is 5.37. The molecule has 5 rings (SSSR count). The van der Waals surface area contributed by atoms with Gasteiger partial charge in [-0.1, -0.05) is 19.1 Å². The molecule has 1 aromatic carbocycles. The van der Waals surface area contributed by atoms with E-state index in [1.807, 2.05) is 6.92 Å². The molecule has 10 heteroatoms. The van der Waals surface area contributed by atoms with E-state index in [1.54, 1.807) is 41.3 Å². The number of nitrogens with two attached hydrogens (primary N) is 1. The molecule has 33 heavy (non-hydrogen) atoms. The van der Waals surface area contributed by atoms with Crippen LogP contribution in [0.1, 0.15) is 24.9 Å². The number of hydrogen-bond donors (Lipinski definition) is 1. The van der Waals surface area contributed by atoms with Crippen molar-refractivity contribution in [1.82, 2.24) is 29.4 Å². The summed E-state index contributed by atoms with van der Waals surface area (Å²) in [6, 6.07) is 9.93. The van der Waals surface area contributed by atoms with Crippen LogP contribution in [0, 0.1) is 17.5 Å². The Morgan fingerprint density at radius 1 is 0.939 bits per heavy atom. The molecule has 2 N–H and O–H groups in total. The Kier molecular flexibility index (Phi) is 5.04.